The number of aromatic amines is 1. The molecular weight excluding hydrogens is 588 g/mol. The maximum absolute atomic E-state index is 13.1. The van der Waals surface area contributed by atoms with Gasteiger partial charge in [-0.1, -0.05) is 22.6 Å². The topological polar surface area (TPSA) is 144 Å². The first-order chi connectivity index (χ1) is 20.4. The predicted octanol–water partition coefficient (Wildman–Crippen LogP) is 3.76. The predicted molar refractivity (Wildman–Crippen MR) is 134 cm³/mol. The van der Waals surface area contributed by atoms with Gasteiger partial charge in [-0.05, 0) is 42.2 Å². The molecule has 0 aliphatic heterocycles. The molecule has 12 nitrogen and oxygen atoms in total. The first kappa shape index (κ1) is 30.9. The SMILES string of the molecule is O=C(NCc1cccc(OC(F)(F)F)c1)c1cn(CCCCN(Cc2cncc(C(F)(F)F)c2)C(=O)c2c[nH]nn2)nn1. The van der Waals surface area contributed by atoms with E-state index in [1.807, 2.05) is 0 Å². The number of amides is 2. The Balaban J connectivity index is 1.29. The molecule has 2 amide bonds. The van der Waals surface area contributed by atoms with E-state index in [9.17, 15) is 35.9 Å². The fourth-order valence-corrected chi connectivity index (χ4v) is 3.88. The molecule has 0 saturated carbocycles. The van der Waals surface area contributed by atoms with Crippen LogP contribution >= 0.6 is 0 Å². The van der Waals surface area contributed by atoms with Crippen molar-refractivity contribution in [1.82, 2.24) is 45.6 Å². The molecule has 4 aromatic rings. The van der Waals surface area contributed by atoms with E-state index in [0.717, 1.165) is 18.2 Å². The van der Waals surface area contributed by atoms with Crippen molar-refractivity contribution < 1.29 is 40.7 Å². The number of carbonyl (C=O) groups is 2. The third-order valence-electron chi connectivity index (χ3n) is 5.84. The maximum Gasteiger partial charge on any atom is 0.573 e. The maximum atomic E-state index is 13.1. The Kier molecular flexibility index (Phi) is 9.56. The van der Waals surface area contributed by atoms with Gasteiger partial charge < -0.3 is 15.0 Å². The number of hydrogen-bond donors (Lipinski definition) is 2. The number of carbonyl (C=O) groups excluding carboxylic acids is 2. The van der Waals surface area contributed by atoms with E-state index in [4.69, 9.17) is 0 Å². The third-order valence-corrected chi connectivity index (χ3v) is 5.84. The number of rotatable bonds is 12. The second-order valence-electron chi connectivity index (χ2n) is 9.12. The van der Waals surface area contributed by atoms with Crippen LogP contribution in [0.5, 0.6) is 5.75 Å². The summed E-state index contributed by atoms with van der Waals surface area (Å²) in [5, 5.41) is 19.8. The Labute approximate surface area is 239 Å². The second-order valence-corrected chi connectivity index (χ2v) is 9.12. The van der Waals surface area contributed by atoms with E-state index in [2.05, 4.69) is 40.8 Å². The van der Waals surface area contributed by atoms with Crippen molar-refractivity contribution in [3.63, 3.8) is 0 Å². The number of nitrogens with zero attached hydrogens (tertiary/aromatic N) is 7. The van der Waals surface area contributed by atoms with Crippen molar-refractivity contribution in [3.8, 4) is 5.75 Å². The molecule has 1 aromatic carbocycles. The Hall–Kier alpha value is -5.03. The minimum Gasteiger partial charge on any atom is -0.406 e. The fraction of sp³-hybridized carbons (Fsp3) is 0.320. The van der Waals surface area contributed by atoms with Crippen LogP contribution in [0.2, 0.25) is 0 Å². The number of nitrogens with one attached hydrogen (secondary N) is 2. The molecule has 0 fully saturated rings. The van der Waals surface area contributed by atoms with E-state index >= 15 is 0 Å². The van der Waals surface area contributed by atoms with Gasteiger partial charge in [0.2, 0.25) is 0 Å². The number of aryl methyl sites for hydroxylation is 1. The van der Waals surface area contributed by atoms with Crippen molar-refractivity contribution in [3.05, 3.63) is 83.2 Å². The zero-order valence-electron chi connectivity index (χ0n) is 22.1. The summed E-state index contributed by atoms with van der Waals surface area (Å²) in [6.07, 6.45) is -3.97. The Morgan fingerprint density at radius 2 is 1.81 bits per heavy atom. The van der Waals surface area contributed by atoms with Crippen molar-refractivity contribution >= 4 is 11.8 Å². The van der Waals surface area contributed by atoms with Gasteiger partial charge in [-0.15, -0.1) is 23.4 Å². The lowest BCUT2D eigenvalue weighted by Crippen LogP contribution is -2.32. The van der Waals surface area contributed by atoms with Crippen LogP contribution in [0.25, 0.3) is 0 Å². The van der Waals surface area contributed by atoms with Gasteiger partial charge in [0.1, 0.15) is 5.75 Å². The van der Waals surface area contributed by atoms with Crippen LogP contribution in [0.3, 0.4) is 0 Å². The summed E-state index contributed by atoms with van der Waals surface area (Å²) < 4.78 is 81.9. The van der Waals surface area contributed by atoms with Gasteiger partial charge in [-0.25, -0.2) is 0 Å². The largest absolute Gasteiger partial charge is 0.573 e. The number of benzene rings is 1. The lowest BCUT2D eigenvalue weighted by Gasteiger charge is -2.22. The van der Waals surface area contributed by atoms with Crippen LogP contribution < -0.4 is 10.1 Å². The summed E-state index contributed by atoms with van der Waals surface area (Å²) in [7, 11) is 0. The zero-order valence-corrected chi connectivity index (χ0v) is 22.1. The van der Waals surface area contributed by atoms with Crippen LogP contribution in [0.4, 0.5) is 26.3 Å². The molecule has 0 saturated heterocycles. The number of unbranched alkanes of at least 4 members (excludes halogenated alkanes) is 1. The Bertz CT molecular complexity index is 1520. The molecule has 2 N–H and O–H groups in total. The number of pyridine rings is 1. The summed E-state index contributed by atoms with van der Waals surface area (Å²) in [5.41, 5.74) is -0.422. The lowest BCUT2D eigenvalue weighted by molar-refractivity contribution is -0.274. The van der Waals surface area contributed by atoms with E-state index in [-0.39, 0.29) is 36.6 Å². The highest BCUT2D eigenvalue weighted by Crippen LogP contribution is 2.29. The van der Waals surface area contributed by atoms with Crippen molar-refractivity contribution in [2.24, 2.45) is 0 Å². The minimum atomic E-state index is -4.84. The van der Waals surface area contributed by atoms with E-state index < -0.39 is 35.7 Å². The molecule has 0 unspecified atom stereocenters. The Morgan fingerprint density at radius 3 is 2.53 bits per heavy atom. The van der Waals surface area contributed by atoms with Gasteiger partial charge in [-0.2, -0.15) is 13.2 Å². The zero-order chi connectivity index (χ0) is 31.0. The van der Waals surface area contributed by atoms with Gasteiger partial charge in [0.05, 0.1) is 18.0 Å². The summed E-state index contributed by atoms with van der Waals surface area (Å²) in [5.74, 6) is -1.56. The summed E-state index contributed by atoms with van der Waals surface area (Å²) in [4.78, 5) is 30.3. The lowest BCUT2D eigenvalue weighted by atomic mass is 10.1. The second kappa shape index (κ2) is 13.3. The summed E-state index contributed by atoms with van der Waals surface area (Å²) in [6.45, 7) is 0.217. The van der Waals surface area contributed by atoms with Gasteiger partial charge in [-0.3, -0.25) is 24.4 Å². The fourth-order valence-electron chi connectivity index (χ4n) is 3.88. The molecular formula is C25H23F6N9O3. The highest BCUT2D eigenvalue weighted by atomic mass is 19.4. The minimum absolute atomic E-state index is 0.00790. The van der Waals surface area contributed by atoms with Crippen LogP contribution in [-0.2, 0) is 25.8 Å². The molecule has 3 heterocycles. The standard InChI is InChI=1S/C25H23F6N9O3/c26-24(27,28)18-8-17(10-32-12-18)14-39(23(42)20-13-34-37-35-20)6-1-2-7-40-15-21(36-38-40)22(41)33-11-16-4-3-5-19(9-16)43-25(29,30)31/h3-5,8-10,12-13,15H,1-2,6-7,11,14H2,(H,33,41)(H,34,35,37). The molecule has 4 rings (SSSR count). The van der Waals surface area contributed by atoms with Crippen LogP contribution in [0.15, 0.2) is 55.1 Å². The molecule has 0 radical (unpaired) electrons. The van der Waals surface area contributed by atoms with Gasteiger partial charge >= 0.3 is 12.5 Å². The highest BCUT2D eigenvalue weighted by Gasteiger charge is 2.32. The van der Waals surface area contributed by atoms with Gasteiger partial charge in [0, 0.05) is 38.6 Å². The molecule has 18 heteroatoms. The average Bonchev–Trinajstić information content (AvgIpc) is 3.65. The van der Waals surface area contributed by atoms with Crippen molar-refractivity contribution in [2.45, 2.75) is 45.0 Å². The molecule has 0 aliphatic rings. The Morgan fingerprint density at radius 1 is 1.00 bits per heavy atom. The number of H-pyrrole nitrogens is 1. The van der Waals surface area contributed by atoms with Crippen LogP contribution in [-0.4, -0.2) is 65.0 Å². The van der Waals surface area contributed by atoms with Crippen molar-refractivity contribution in [2.75, 3.05) is 6.54 Å². The number of hydrogen-bond acceptors (Lipinski definition) is 8. The van der Waals surface area contributed by atoms with E-state index in [1.54, 1.807) is 0 Å². The highest BCUT2D eigenvalue weighted by molar-refractivity contribution is 5.92. The molecule has 0 atom stereocenters. The molecule has 3 aromatic heterocycles. The number of ether oxygens (including phenoxy) is 1. The first-order valence-corrected chi connectivity index (χ1v) is 12.6. The number of halogens is 6. The van der Waals surface area contributed by atoms with Crippen LogP contribution in [0.1, 0.15) is 50.5 Å². The third kappa shape index (κ3) is 9.23. The summed E-state index contributed by atoms with van der Waals surface area (Å²) in [6, 6.07) is 6.07. The average molecular weight is 612 g/mol. The monoisotopic (exact) mass is 611 g/mol. The summed E-state index contributed by atoms with van der Waals surface area (Å²) >= 11 is 0. The number of aromatic nitrogens is 7. The van der Waals surface area contributed by atoms with Gasteiger partial charge in [0.15, 0.2) is 11.4 Å². The molecule has 0 spiro atoms. The smallest absolute Gasteiger partial charge is 0.406 e. The molecule has 0 aliphatic carbocycles. The number of alkyl halides is 6. The van der Waals surface area contributed by atoms with Crippen LogP contribution in [0, 0.1) is 0 Å². The first-order valence-electron chi connectivity index (χ1n) is 12.6. The normalized spacial score (nSPS) is 11.8. The molecule has 228 valence electrons. The van der Waals surface area contributed by atoms with Crippen molar-refractivity contribution in [1.29, 1.82) is 0 Å². The van der Waals surface area contributed by atoms with Gasteiger partial charge in [0.25, 0.3) is 11.8 Å². The van der Waals surface area contributed by atoms with E-state index in [0.29, 0.717) is 31.1 Å². The molecule has 0 bridgehead atoms. The quantitative estimate of drug-likeness (QED) is 0.182. The van der Waals surface area contributed by atoms with E-state index in [1.165, 1.54) is 40.3 Å². The molecule has 43 heavy (non-hydrogen) atoms.